The summed E-state index contributed by atoms with van der Waals surface area (Å²) >= 11 is 0. The first-order valence-corrected chi connectivity index (χ1v) is 7.15. The molecule has 0 fully saturated rings. The Morgan fingerprint density at radius 3 is 2.58 bits per heavy atom. The van der Waals surface area contributed by atoms with Gasteiger partial charge in [-0.3, -0.25) is 9.82 Å². The Labute approximate surface area is 110 Å². The van der Waals surface area contributed by atoms with Crippen molar-refractivity contribution in [1.82, 2.24) is 10.2 Å². The minimum Gasteiger partial charge on any atom is -0.279 e. The predicted molar refractivity (Wildman–Crippen MR) is 73.3 cm³/mol. The molecule has 0 spiro atoms. The van der Waals surface area contributed by atoms with Gasteiger partial charge in [-0.05, 0) is 24.3 Å². The largest absolute Gasteiger partial charge is 0.279 e. The lowest BCUT2D eigenvalue weighted by Crippen LogP contribution is -2.12. The van der Waals surface area contributed by atoms with Crippen LogP contribution >= 0.6 is 0 Å². The first-order valence-electron chi connectivity index (χ1n) is 5.67. The number of fused-ring (bicyclic) bond motifs is 1. The van der Waals surface area contributed by atoms with Crippen LogP contribution in [0.15, 0.2) is 59.6 Å². The summed E-state index contributed by atoms with van der Waals surface area (Å²) in [5, 5.41) is 7.44. The summed E-state index contributed by atoms with van der Waals surface area (Å²) in [5.74, 6) is 0. The maximum Gasteiger partial charge on any atom is 0.261 e. The molecule has 0 aliphatic heterocycles. The minimum absolute atomic E-state index is 0.232. The number of hydrogen-bond donors (Lipinski definition) is 2. The van der Waals surface area contributed by atoms with Crippen molar-refractivity contribution < 1.29 is 8.42 Å². The van der Waals surface area contributed by atoms with Gasteiger partial charge in [0.15, 0.2) is 0 Å². The third-order valence-corrected chi connectivity index (χ3v) is 4.16. The van der Waals surface area contributed by atoms with Crippen LogP contribution in [0.4, 0.5) is 5.69 Å². The van der Waals surface area contributed by atoms with Crippen LogP contribution in [0, 0.1) is 0 Å². The summed E-state index contributed by atoms with van der Waals surface area (Å²) < 4.78 is 27.0. The fourth-order valence-corrected chi connectivity index (χ4v) is 2.96. The molecule has 0 amide bonds. The highest BCUT2D eigenvalue weighted by Gasteiger charge is 2.15. The van der Waals surface area contributed by atoms with Gasteiger partial charge in [0.2, 0.25) is 0 Å². The summed E-state index contributed by atoms with van der Waals surface area (Å²) in [7, 11) is -3.57. The Morgan fingerprint density at radius 1 is 1.00 bits per heavy atom. The fraction of sp³-hybridized carbons (Fsp3) is 0. The van der Waals surface area contributed by atoms with Crippen LogP contribution < -0.4 is 4.72 Å². The second kappa shape index (κ2) is 4.40. The molecule has 2 N–H and O–H groups in total. The number of rotatable bonds is 3. The summed E-state index contributed by atoms with van der Waals surface area (Å²) in [6, 6.07) is 13.6. The molecule has 0 saturated heterocycles. The van der Waals surface area contributed by atoms with Gasteiger partial charge >= 0.3 is 0 Å². The van der Waals surface area contributed by atoms with E-state index in [9.17, 15) is 8.42 Å². The van der Waals surface area contributed by atoms with Crippen LogP contribution in [0.25, 0.3) is 10.9 Å². The van der Waals surface area contributed by atoms with Gasteiger partial charge in [0, 0.05) is 5.39 Å². The van der Waals surface area contributed by atoms with E-state index in [2.05, 4.69) is 14.9 Å². The maximum atomic E-state index is 12.2. The number of hydrogen-bond acceptors (Lipinski definition) is 3. The highest BCUT2D eigenvalue weighted by Crippen LogP contribution is 2.23. The zero-order valence-corrected chi connectivity index (χ0v) is 10.7. The molecule has 0 unspecified atom stereocenters. The van der Waals surface area contributed by atoms with Crippen molar-refractivity contribution in [2.75, 3.05) is 4.72 Å². The third-order valence-electron chi connectivity index (χ3n) is 2.78. The van der Waals surface area contributed by atoms with Crippen molar-refractivity contribution >= 4 is 26.6 Å². The molecule has 0 radical (unpaired) electrons. The van der Waals surface area contributed by atoms with Gasteiger partial charge < -0.3 is 0 Å². The van der Waals surface area contributed by atoms with E-state index < -0.39 is 10.0 Å². The molecule has 19 heavy (non-hydrogen) atoms. The van der Waals surface area contributed by atoms with E-state index in [4.69, 9.17) is 0 Å². The smallest absolute Gasteiger partial charge is 0.261 e. The van der Waals surface area contributed by atoms with Crippen molar-refractivity contribution in [2.45, 2.75) is 4.90 Å². The molecule has 6 heteroatoms. The molecule has 1 aromatic heterocycles. The van der Waals surface area contributed by atoms with E-state index in [-0.39, 0.29) is 4.90 Å². The normalized spacial score (nSPS) is 11.6. The number of anilines is 1. The summed E-state index contributed by atoms with van der Waals surface area (Å²) in [4.78, 5) is 0.232. The average molecular weight is 273 g/mol. The second-order valence-electron chi connectivity index (χ2n) is 4.06. The van der Waals surface area contributed by atoms with Crippen LogP contribution in [0.5, 0.6) is 0 Å². The number of H-pyrrole nitrogens is 1. The summed E-state index contributed by atoms with van der Waals surface area (Å²) in [6.07, 6.45) is 1.60. The molecule has 96 valence electrons. The molecule has 0 aliphatic carbocycles. The van der Waals surface area contributed by atoms with E-state index in [1.165, 1.54) is 0 Å². The van der Waals surface area contributed by atoms with Gasteiger partial charge in [-0.1, -0.05) is 24.3 Å². The van der Waals surface area contributed by atoms with Crippen LogP contribution in [0.3, 0.4) is 0 Å². The third kappa shape index (κ3) is 2.17. The zero-order chi connectivity index (χ0) is 13.3. The SMILES string of the molecule is O=S(=O)(Nc1cccc2[nH]ncc12)c1ccccc1. The minimum atomic E-state index is -3.57. The van der Waals surface area contributed by atoms with Crippen molar-refractivity contribution in [3.63, 3.8) is 0 Å². The lowest BCUT2D eigenvalue weighted by molar-refractivity contribution is 0.601. The molecule has 0 aliphatic rings. The van der Waals surface area contributed by atoms with E-state index in [0.717, 1.165) is 10.9 Å². The predicted octanol–water partition coefficient (Wildman–Crippen LogP) is 2.36. The van der Waals surface area contributed by atoms with Crippen LogP contribution in [-0.2, 0) is 10.0 Å². The van der Waals surface area contributed by atoms with E-state index in [0.29, 0.717) is 5.69 Å². The van der Waals surface area contributed by atoms with Crippen molar-refractivity contribution in [1.29, 1.82) is 0 Å². The molecule has 3 aromatic rings. The van der Waals surface area contributed by atoms with Crippen molar-refractivity contribution in [2.24, 2.45) is 0 Å². The number of nitrogens with one attached hydrogen (secondary N) is 2. The number of sulfonamides is 1. The molecule has 0 atom stereocenters. The molecule has 2 aromatic carbocycles. The Bertz CT molecular complexity index is 810. The summed E-state index contributed by atoms with van der Waals surface area (Å²) in [5.41, 5.74) is 1.29. The van der Waals surface area contributed by atoms with Gasteiger partial charge in [-0.15, -0.1) is 0 Å². The Morgan fingerprint density at radius 2 is 1.79 bits per heavy atom. The second-order valence-corrected chi connectivity index (χ2v) is 5.74. The summed E-state index contributed by atoms with van der Waals surface area (Å²) in [6.45, 7) is 0. The zero-order valence-electron chi connectivity index (χ0n) is 9.87. The number of nitrogens with zero attached hydrogens (tertiary/aromatic N) is 1. The Hall–Kier alpha value is -2.34. The first kappa shape index (κ1) is 11.7. The molecule has 3 rings (SSSR count). The van der Waals surface area contributed by atoms with E-state index in [1.54, 1.807) is 48.7 Å². The lowest BCUT2D eigenvalue weighted by Gasteiger charge is -2.08. The van der Waals surface area contributed by atoms with Crippen LogP contribution in [0.2, 0.25) is 0 Å². The highest BCUT2D eigenvalue weighted by molar-refractivity contribution is 7.92. The lowest BCUT2D eigenvalue weighted by atomic mass is 10.2. The van der Waals surface area contributed by atoms with Crippen molar-refractivity contribution in [3.8, 4) is 0 Å². The monoisotopic (exact) mass is 273 g/mol. The van der Waals surface area contributed by atoms with E-state index >= 15 is 0 Å². The maximum absolute atomic E-state index is 12.2. The standard InChI is InChI=1S/C13H11N3O2S/c17-19(18,10-5-2-1-3-6-10)16-13-8-4-7-12-11(13)9-14-15-12/h1-9,16H,(H,14,15). The van der Waals surface area contributed by atoms with Gasteiger partial charge in [0.1, 0.15) is 0 Å². The molecule has 1 heterocycles. The van der Waals surface area contributed by atoms with Crippen LogP contribution in [0.1, 0.15) is 0 Å². The topological polar surface area (TPSA) is 74.8 Å². The van der Waals surface area contributed by atoms with Gasteiger partial charge in [-0.2, -0.15) is 5.10 Å². The van der Waals surface area contributed by atoms with Gasteiger partial charge in [-0.25, -0.2) is 8.42 Å². The van der Waals surface area contributed by atoms with Gasteiger partial charge in [0.25, 0.3) is 10.0 Å². The molecular formula is C13H11N3O2S. The fourth-order valence-electron chi connectivity index (χ4n) is 1.86. The molecular weight excluding hydrogens is 262 g/mol. The molecule has 0 bridgehead atoms. The highest BCUT2D eigenvalue weighted by atomic mass is 32.2. The van der Waals surface area contributed by atoms with Crippen molar-refractivity contribution in [3.05, 3.63) is 54.7 Å². The number of aromatic nitrogens is 2. The number of aromatic amines is 1. The number of benzene rings is 2. The molecule has 0 saturated carbocycles. The first-order chi connectivity index (χ1) is 9.17. The van der Waals surface area contributed by atoms with E-state index in [1.807, 2.05) is 6.07 Å². The Kier molecular flexibility index (Phi) is 2.72. The Balaban J connectivity index is 2.04. The quantitative estimate of drug-likeness (QED) is 0.769. The molecule has 5 nitrogen and oxygen atoms in total. The van der Waals surface area contributed by atoms with Crippen LogP contribution in [-0.4, -0.2) is 18.6 Å². The van der Waals surface area contributed by atoms with Gasteiger partial charge in [0.05, 0.1) is 22.3 Å². The average Bonchev–Trinajstić information content (AvgIpc) is 2.89.